The van der Waals surface area contributed by atoms with Gasteiger partial charge in [0.1, 0.15) is 0 Å². The van der Waals surface area contributed by atoms with Gasteiger partial charge in [0.05, 0.1) is 26.2 Å². The van der Waals surface area contributed by atoms with E-state index >= 15 is 0 Å². The van der Waals surface area contributed by atoms with Gasteiger partial charge in [-0.3, -0.25) is 4.79 Å². The summed E-state index contributed by atoms with van der Waals surface area (Å²) in [4.78, 5) is 16.3. The molecule has 1 aliphatic heterocycles. The van der Waals surface area contributed by atoms with Crippen LogP contribution in [0.15, 0.2) is 30.3 Å². The Balaban J connectivity index is 1.43. The summed E-state index contributed by atoms with van der Waals surface area (Å²) in [5, 5.41) is 3.32. The molecule has 24 heavy (non-hydrogen) atoms. The van der Waals surface area contributed by atoms with Crippen molar-refractivity contribution in [3.05, 3.63) is 30.3 Å². The van der Waals surface area contributed by atoms with Gasteiger partial charge < -0.3 is 15.1 Å². The molecule has 1 aliphatic carbocycles. The van der Waals surface area contributed by atoms with E-state index in [0.717, 1.165) is 38.5 Å². The molecule has 0 aromatic heterocycles. The highest BCUT2D eigenvalue weighted by Crippen LogP contribution is 2.29. The van der Waals surface area contributed by atoms with Crippen LogP contribution in [0.3, 0.4) is 0 Å². The molecular formula is C20H32N3O+. The number of rotatable bonds is 4. The molecule has 0 bridgehead atoms. The molecule has 3 atom stereocenters. The lowest BCUT2D eigenvalue weighted by Gasteiger charge is -2.36. The summed E-state index contributed by atoms with van der Waals surface area (Å²) in [5.41, 5.74) is 1.30. The second-order valence-electron chi connectivity index (χ2n) is 7.69. The molecule has 3 rings (SSSR count). The highest BCUT2D eigenvalue weighted by Gasteiger charge is 2.29. The number of carbonyl (C=O) groups is 1. The number of amides is 1. The van der Waals surface area contributed by atoms with Crippen molar-refractivity contribution in [2.45, 2.75) is 39.2 Å². The molecule has 0 unspecified atom stereocenters. The summed E-state index contributed by atoms with van der Waals surface area (Å²) in [6.45, 7) is 9.38. The number of piperazine rings is 1. The third-order valence-electron chi connectivity index (χ3n) is 6.06. The van der Waals surface area contributed by atoms with Gasteiger partial charge >= 0.3 is 0 Å². The van der Waals surface area contributed by atoms with Gasteiger partial charge in [0.2, 0.25) is 0 Å². The van der Waals surface area contributed by atoms with E-state index < -0.39 is 0 Å². The highest BCUT2D eigenvalue weighted by atomic mass is 16.2. The van der Waals surface area contributed by atoms with Gasteiger partial charge in [-0.1, -0.05) is 44.9 Å². The third-order valence-corrected chi connectivity index (χ3v) is 6.06. The molecular weight excluding hydrogens is 298 g/mol. The lowest BCUT2D eigenvalue weighted by Crippen LogP contribution is -3.16. The molecule has 4 nitrogen and oxygen atoms in total. The predicted molar refractivity (Wildman–Crippen MR) is 98.3 cm³/mol. The van der Waals surface area contributed by atoms with Crippen LogP contribution < -0.4 is 15.1 Å². The summed E-state index contributed by atoms with van der Waals surface area (Å²) in [6, 6.07) is 11.0. The Morgan fingerprint density at radius 2 is 1.88 bits per heavy atom. The standard InChI is InChI=1S/C20H31N3O/c1-16-7-6-10-19(17(16)2)21-20(24)15-22-11-13-23(14-12-22)18-8-4-3-5-9-18/h3-5,8-9,16-17,19H,6-7,10-15H2,1-2H3,(H,21,24)/p+1/t16-,17-,19-/m1/s1. The van der Waals surface area contributed by atoms with Crippen molar-refractivity contribution in [2.24, 2.45) is 11.8 Å². The minimum absolute atomic E-state index is 0.240. The lowest BCUT2D eigenvalue weighted by atomic mass is 9.78. The first-order valence-electron chi connectivity index (χ1n) is 9.56. The number of nitrogens with zero attached hydrogens (tertiary/aromatic N) is 1. The summed E-state index contributed by atoms with van der Waals surface area (Å²) >= 11 is 0. The molecule has 0 radical (unpaired) electrons. The van der Waals surface area contributed by atoms with Crippen LogP contribution in [0.4, 0.5) is 5.69 Å². The topological polar surface area (TPSA) is 36.8 Å². The molecule has 4 heteroatoms. The first-order chi connectivity index (χ1) is 11.6. The molecule has 1 aromatic rings. The van der Waals surface area contributed by atoms with Crippen LogP contribution >= 0.6 is 0 Å². The normalized spacial score (nSPS) is 28.6. The van der Waals surface area contributed by atoms with E-state index in [4.69, 9.17) is 0 Å². The van der Waals surface area contributed by atoms with Crippen molar-refractivity contribution in [1.82, 2.24) is 5.32 Å². The van der Waals surface area contributed by atoms with Crippen molar-refractivity contribution < 1.29 is 9.69 Å². The second-order valence-corrected chi connectivity index (χ2v) is 7.69. The van der Waals surface area contributed by atoms with E-state index in [1.165, 1.54) is 23.4 Å². The molecule has 2 N–H and O–H groups in total. The first-order valence-corrected chi connectivity index (χ1v) is 9.56. The Labute approximate surface area is 146 Å². The predicted octanol–water partition coefficient (Wildman–Crippen LogP) is 1.33. The molecule has 1 amide bonds. The number of carbonyl (C=O) groups excluding carboxylic acids is 1. The van der Waals surface area contributed by atoms with Crippen molar-refractivity contribution >= 4 is 11.6 Å². The summed E-state index contributed by atoms with van der Waals surface area (Å²) in [5.74, 6) is 1.57. The Hall–Kier alpha value is -1.55. The van der Waals surface area contributed by atoms with E-state index in [-0.39, 0.29) is 5.91 Å². The average molecular weight is 330 g/mol. The maximum Gasteiger partial charge on any atom is 0.275 e. The van der Waals surface area contributed by atoms with Gasteiger partial charge in [0.15, 0.2) is 6.54 Å². The quantitative estimate of drug-likeness (QED) is 0.874. The SMILES string of the molecule is C[C@@H]1[C@H](C)CCC[C@H]1NC(=O)C[NH+]1CCN(c2ccccc2)CC1. The molecule has 132 valence electrons. The number of para-hydroxylation sites is 1. The monoisotopic (exact) mass is 330 g/mol. The van der Waals surface area contributed by atoms with Gasteiger partial charge in [-0.25, -0.2) is 0 Å². The zero-order valence-corrected chi connectivity index (χ0v) is 15.1. The number of hydrogen-bond acceptors (Lipinski definition) is 2. The first kappa shape index (κ1) is 17.3. The van der Waals surface area contributed by atoms with E-state index in [0.29, 0.717) is 18.5 Å². The van der Waals surface area contributed by atoms with E-state index in [1.54, 1.807) is 0 Å². The van der Waals surface area contributed by atoms with Crippen molar-refractivity contribution in [1.29, 1.82) is 0 Å². The lowest BCUT2D eigenvalue weighted by molar-refractivity contribution is -0.892. The fourth-order valence-corrected chi connectivity index (χ4v) is 4.17. The van der Waals surface area contributed by atoms with Crippen LogP contribution in [-0.2, 0) is 4.79 Å². The zero-order chi connectivity index (χ0) is 16.9. The van der Waals surface area contributed by atoms with Crippen molar-refractivity contribution in [3.63, 3.8) is 0 Å². The fraction of sp³-hybridized carbons (Fsp3) is 0.650. The van der Waals surface area contributed by atoms with Crippen LogP contribution in [0.1, 0.15) is 33.1 Å². The smallest absolute Gasteiger partial charge is 0.275 e. The summed E-state index contributed by atoms with van der Waals surface area (Å²) in [6.07, 6.45) is 3.70. The van der Waals surface area contributed by atoms with Gasteiger partial charge in [-0.2, -0.15) is 0 Å². The number of quaternary nitrogens is 1. The zero-order valence-electron chi connectivity index (χ0n) is 15.1. The highest BCUT2D eigenvalue weighted by molar-refractivity contribution is 5.77. The van der Waals surface area contributed by atoms with Crippen LogP contribution in [0.2, 0.25) is 0 Å². The van der Waals surface area contributed by atoms with Crippen LogP contribution in [0, 0.1) is 11.8 Å². The van der Waals surface area contributed by atoms with Crippen molar-refractivity contribution in [3.8, 4) is 0 Å². The largest absolute Gasteiger partial charge is 0.360 e. The molecule has 1 aromatic carbocycles. The van der Waals surface area contributed by atoms with Crippen LogP contribution in [0.5, 0.6) is 0 Å². The minimum Gasteiger partial charge on any atom is -0.360 e. The van der Waals surface area contributed by atoms with Crippen LogP contribution in [-0.4, -0.2) is 44.7 Å². The second kappa shape index (κ2) is 8.02. The number of anilines is 1. The minimum atomic E-state index is 0.240. The van der Waals surface area contributed by atoms with Crippen molar-refractivity contribution in [2.75, 3.05) is 37.6 Å². The molecule has 1 saturated heterocycles. The Morgan fingerprint density at radius 1 is 1.17 bits per heavy atom. The van der Waals surface area contributed by atoms with E-state index in [2.05, 4.69) is 54.4 Å². The van der Waals surface area contributed by atoms with Gasteiger partial charge in [-0.05, 0) is 30.4 Å². The number of hydrogen-bond donors (Lipinski definition) is 2. The van der Waals surface area contributed by atoms with Gasteiger partial charge in [0, 0.05) is 11.7 Å². The third kappa shape index (κ3) is 4.29. The van der Waals surface area contributed by atoms with Crippen LogP contribution in [0.25, 0.3) is 0 Å². The van der Waals surface area contributed by atoms with Gasteiger partial charge in [-0.15, -0.1) is 0 Å². The number of benzene rings is 1. The van der Waals surface area contributed by atoms with E-state index in [9.17, 15) is 4.79 Å². The maximum absolute atomic E-state index is 12.4. The maximum atomic E-state index is 12.4. The fourth-order valence-electron chi connectivity index (χ4n) is 4.17. The summed E-state index contributed by atoms with van der Waals surface area (Å²) in [7, 11) is 0. The molecule has 1 heterocycles. The Kier molecular flexibility index (Phi) is 5.77. The van der Waals surface area contributed by atoms with E-state index in [1.807, 2.05) is 0 Å². The number of nitrogens with one attached hydrogen (secondary N) is 2. The Bertz CT molecular complexity index is 525. The molecule has 2 aliphatic rings. The molecule has 0 spiro atoms. The summed E-state index contributed by atoms with van der Waals surface area (Å²) < 4.78 is 0. The van der Waals surface area contributed by atoms with Gasteiger partial charge in [0.25, 0.3) is 5.91 Å². The molecule has 2 fully saturated rings. The average Bonchev–Trinajstić information content (AvgIpc) is 2.60. The molecule has 1 saturated carbocycles. The Morgan fingerprint density at radius 3 is 2.58 bits per heavy atom.